The molecule has 0 aliphatic heterocycles. The molecule has 0 rings (SSSR count). The van der Waals surface area contributed by atoms with Crippen molar-refractivity contribution in [3.63, 3.8) is 0 Å². The molecule has 4 N–H and O–H groups in total. The molecule has 0 aromatic rings. The summed E-state index contributed by atoms with van der Waals surface area (Å²) in [5.41, 5.74) is 1.89. The maximum Gasteiger partial charge on any atom is 0.170 e. The minimum atomic E-state index is -0.0246. The summed E-state index contributed by atoms with van der Waals surface area (Å²) in [6.07, 6.45) is 7.46. The largest absolute Gasteiger partial charge is 0.507 e. The third-order valence-electron chi connectivity index (χ3n) is 2.25. The second kappa shape index (κ2) is 12.0. The Kier molecular flexibility index (Phi) is 12.1. The fourth-order valence-corrected chi connectivity index (χ4v) is 1.15. The van der Waals surface area contributed by atoms with Crippen LogP contribution in [0.5, 0.6) is 0 Å². The van der Waals surface area contributed by atoms with E-state index in [1.165, 1.54) is 18.6 Å². The quantitative estimate of drug-likeness (QED) is 0.411. The van der Waals surface area contributed by atoms with E-state index in [9.17, 15) is 10.2 Å². The zero-order valence-corrected chi connectivity index (χ0v) is 13.3. The Hall–Kier alpha value is -2.10. The van der Waals surface area contributed by atoms with Gasteiger partial charge >= 0.3 is 0 Å². The van der Waals surface area contributed by atoms with Crippen molar-refractivity contribution in [2.75, 3.05) is 0 Å². The lowest BCUT2D eigenvalue weighted by Gasteiger charge is -2.01. The Labute approximate surface area is 122 Å². The first-order valence-corrected chi connectivity index (χ1v) is 6.65. The molecule has 112 valence electrons. The molecule has 0 heterocycles. The van der Waals surface area contributed by atoms with Gasteiger partial charge in [0.2, 0.25) is 0 Å². The number of allylic oxidation sites excluding steroid dienone is 5. The van der Waals surface area contributed by atoms with E-state index in [4.69, 9.17) is 5.41 Å². The van der Waals surface area contributed by atoms with Crippen LogP contribution in [0.25, 0.3) is 0 Å². The lowest BCUT2D eigenvalue weighted by Crippen LogP contribution is -2.30. The second-order valence-corrected chi connectivity index (χ2v) is 3.80. The van der Waals surface area contributed by atoms with E-state index in [0.717, 1.165) is 5.57 Å². The highest BCUT2D eigenvalue weighted by Crippen LogP contribution is 2.10. The Balaban J connectivity index is 0. The van der Waals surface area contributed by atoms with Crippen LogP contribution in [0, 0.1) is 0 Å². The Morgan fingerprint density at radius 2 is 1.50 bits per heavy atom. The highest BCUT2D eigenvalue weighted by molar-refractivity contribution is 5.84. The first-order chi connectivity index (χ1) is 9.47. The summed E-state index contributed by atoms with van der Waals surface area (Å²) in [4.78, 5) is 3.95. The predicted octanol–water partition coefficient (Wildman–Crippen LogP) is 3.06. The molecule has 0 saturated heterocycles. The van der Waals surface area contributed by atoms with E-state index in [0.29, 0.717) is 11.1 Å². The van der Waals surface area contributed by atoms with Crippen molar-refractivity contribution in [2.45, 2.75) is 41.5 Å². The van der Waals surface area contributed by atoms with Gasteiger partial charge in [-0.05, 0) is 33.3 Å². The van der Waals surface area contributed by atoms with Gasteiger partial charge in [-0.15, -0.1) is 0 Å². The molecule has 0 aromatic heterocycles. The van der Waals surface area contributed by atoms with Crippen LogP contribution in [0.4, 0.5) is 0 Å². The van der Waals surface area contributed by atoms with Crippen LogP contribution < -0.4 is 5.41 Å². The lowest BCUT2D eigenvalue weighted by molar-refractivity contribution is -0.104. The van der Waals surface area contributed by atoms with Crippen molar-refractivity contribution in [2.24, 2.45) is 4.99 Å². The van der Waals surface area contributed by atoms with Gasteiger partial charge in [0.15, 0.2) is 6.21 Å². The minimum absolute atomic E-state index is 0.0246. The van der Waals surface area contributed by atoms with Crippen LogP contribution in [-0.2, 0) is 0 Å². The van der Waals surface area contributed by atoms with Crippen molar-refractivity contribution in [1.29, 1.82) is 0 Å². The van der Waals surface area contributed by atoms with E-state index >= 15 is 0 Å². The summed E-state index contributed by atoms with van der Waals surface area (Å²) in [5, 5.41) is 24.7. The number of aliphatic imine (C=N–C) groups is 1. The summed E-state index contributed by atoms with van der Waals surface area (Å²) in [7, 11) is 0. The zero-order chi connectivity index (χ0) is 16.1. The van der Waals surface area contributed by atoms with E-state index in [-0.39, 0.29) is 11.5 Å². The maximum absolute atomic E-state index is 9.75. The number of rotatable bonds is 5. The van der Waals surface area contributed by atoms with Gasteiger partial charge in [0.25, 0.3) is 0 Å². The van der Waals surface area contributed by atoms with Gasteiger partial charge in [-0.25, -0.2) is 0 Å². The smallest absolute Gasteiger partial charge is 0.170 e. The zero-order valence-electron chi connectivity index (χ0n) is 13.3. The molecule has 0 aromatic carbocycles. The van der Waals surface area contributed by atoms with E-state index in [2.05, 4.69) is 4.99 Å². The fraction of sp³-hybridized carbons (Fsp3) is 0.375. The molecular weight excluding hydrogens is 252 g/mol. The molecule has 0 fully saturated rings. The molecule has 0 aliphatic carbocycles. The summed E-state index contributed by atoms with van der Waals surface area (Å²) < 4.78 is 0. The summed E-state index contributed by atoms with van der Waals surface area (Å²) in [5.74, 6) is 0.161. The third-order valence-corrected chi connectivity index (χ3v) is 2.25. The summed E-state index contributed by atoms with van der Waals surface area (Å²) in [6, 6.07) is 0. The van der Waals surface area contributed by atoms with Crippen molar-refractivity contribution in [3.05, 3.63) is 46.6 Å². The lowest BCUT2D eigenvalue weighted by atomic mass is 10.1. The SMILES string of the molecule is C/C=C(/C=[NH2+])C(O)=CN=C/C(=C/C)C(O)=C(C)C.CC. The molecule has 0 bridgehead atoms. The highest BCUT2D eigenvalue weighted by Gasteiger charge is 2.02. The molecule has 0 radical (unpaired) electrons. The number of hydrogen-bond donors (Lipinski definition) is 3. The fourth-order valence-electron chi connectivity index (χ4n) is 1.15. The minimum Gasteiger partial charge on any atom is -0.507 e. The van der Waals surface area contributed by atoms with Crippen LogP contribution in [0.15, 0.2) is 51.6 Å². The average Bonchev–Trinajstić information content (AvgIpc) is 2.46. The van der Waals surface area contributed by atoms with E-state index < -0.39 is 0 Å². The first kappa shape index (κ1) is 20.2. The van der Waals surface area contributed by atoms with Crippen LogP contribution in [0.2, 0.25) is 0 Å². The molecule has 0 atom stereocenters. The Morgan fingerprint density at radius 1 is 1.00 bits per heavy atom. The summed E-state index contributed by atoms with van der Waals surface area (Å²) >= 11 is 0. The van der Waals surface area contributed by atoms with Gasteiger partial charge in [-0.2, -0.15) is 0 Å². The molecule has 0 aliphatic rings. The molecule has 4 nitrogen and oxygen atoms in total. The van der Waals surface area contributed by atoms with Gasteiger partial charge in [0.1, 0.15) is 11.5 Å². The van der Waals surface area contributed by atoms with Gasteiger partial charge < -0.3 is 10.2 Å². The average molecular weight is 279 g/mol. The van der Waals surface area contributed by atoms with Crippen LogP contribution in [0.3, 0.4) is 0 Å². The highest BCUT2D eigenvalue weighted by atomic mass is 16.3. The van der Waals surface area contributed by atoms with Crippen molar-refractivity contribution in [3.8, 4) is 0 Å². The van der Waals surface area contributed by atoms with Crippen molar-refractivity contribution >= 4 is 12.4 Å². The molecular formula is C16H27N2O2+. The molecule has 4 heteroatoms. The van der Waals surface area contributed by atoms with E-state index in [1.807, 2.05) is 13.8 Å². The summed E-state index contributed by atoms with van der Waals surface area (Å²) in [6.45, 7) is 11.2. The maximum atomic E-state index is 9.75. The van der Waals surface area contributed by atoms with E-state index in [1.54, 1.807) is 39.8 Å². The van der Waals surface area contributed by atoms with Gasteiger partial charge in [0.05, 0.1) is 11.8 Å². The molecule has 0 saturated carbocycles. The second-order valence-electron chi connectivity index (χ2n) is 3.80. The Morgan fingerprint density at radius 3 is 1.85 bits per heavy atom. The molecule has 0 unspecified atom stereocenters. The molecule has 0 amide bonds. The first-order valence-electron chi connectivity index (χ1n) is 6.65. The third kappa shape index (κ3) is 7.36. The number of aliphatic hydroxyl groups excluding tert-OH is 2. The Bertz CT molecular complexity index is 449. The van der Waals surface area contributed by atoms with Crippen molar-refractivity contribution < 1.29 is 15.6 Å². The normalized spacial score (nSPS) is 12.8. The molecule has 20 heavy (non-hydrogen) atoms. The number of hydrogen-bond acceptors (Lipinski definition) is 3. The predicted molar refractivity (Wildman–Crippen MR) is 87.1 cm³/mol. The number of aliphatic hydroxyl groups is 2. The van der Waals surface area contributed by atoms with Gasteiger partial charge in [-0.3, -0.25) is 10.4 Å². The van der Waals surface area contributed by atoms with Gasteiger partial charge in [-0.1, -0.05) is 26.0 Å². The standard InChI is InChI=1S/C14H20N2O2.C2H6/c1-5-11(7-15)13(17)9-16-8-12(6-2)14(18)10(3)4;1-2/h5-9,15,17-18H,1-4H3;1-2H3/p+1/b11-5-,12-6-,13-9?,15-7?,16-8?;. The molecule has 0 spiro atoms. The monoisotopic (exact) mass is 279 g/mol. The van der Waals surface area contributed by atoms with Crippen LogP contribution in [0.1, 0.15) is 41.5 Å². The van der Waals surface area contributed by atoms with Crippen LogP contribution >= 0.6 is 0 Å². The van der Waals surface area contributed by atoms with Gasteiger partial charge in [0, 0.05) is 11.8 Å². The van der Waals surface area contributed by atoms with Crippen LogP contribution in [-0.4, -0.2) is 22.6 Å². The van der Waals surface area contributed by atoms with Crippen molar-refractivity contribution in [1.82, 2.24) is 0 Å². The number of nitrogens with zero attached hydrogens (tertiary/aromatic N) is 1. The topological polar surface area (TPSA) is 78.4 Å². The number of nitrogens with two attached hydrogens (primary N) is 1.